The molecule has 1 amide bonds. The molecular formula is C18H21NO3. The van der Waals surface area contributed by atoms with Crippen LogP contribution in [0.25, 0.3) is 0 Å². The van der Waals surface area contributed by atoms with E-state index in [1.54, 1.807) is 25.3 Å². The van der Waals surface area contributed by atoms with Crippen molar-refractivity contribution in [2.75, 3.05) is 19.0 Å². The van der Waals surface area contributed by atoms with Gasteiger partial charge in [-0.25, -0.2) is 0 Å². The Labute approximate surface area is 131 Å². The largest absolute Gasteiger partial charge is 0.493 e. The first kappa shape index (κ1) is 15.9. The molecule has 0 aliphatic carbocycles. The highest BCUT2D eigenvalue weighted by Gasteiger charge is 2.12. The van der Waals surface area contributed by atoms with Crippen LogP contribution in [0, 0.1) is 6.92 Å². The number of aryl methyl sites for hydroxylation is 1. The Bertz CT molecular complexity index is 653. The van der Waals surface area contributed by atoms with E-state index < -0.39 is 0 Å². The number of hydrogen-bond donors (Lipinski definition) is 1. The molecular weight excluding hydrogens is 278 g/mol. The van der Waals surface area contributed by atoms with Gasteiger partial charge in [0.05, 0.1) is 13.7 Å². The van der Waals surface area contributed by atoms with Gasteiger partial charge in [-0.3, -0.25) is 4.79 Å². The van der Waals surface area contributed by atoms with Crippen LogP contribution < -0.4 is 14.8 Å². The van der Waals surface area contributed by atoms with Crippen molar-refractivity contribution < 1.29 is 14.3 Å². The van der Waals surface area contributed by atoms with Crippen molar-refractivity contribution in [1.82, 2.24) is 0 Å². The third-order valence-electron chi connectivity index (χ3n) is 3.28. The highest BCUT2D eigenvalue weighted by Crippen LogP contribution is 2.28. The van der Waals surface area contributed by atoms with E-state index in [1.165, 1.54) is 0 Å². The number of para-hydroxylation sites is 1. The van der Waals surface area contributed by atoms with Crippen molar-refractivity contribution in [2.45, 2.75) is 20.3 Å². The molecule has 0 unspecified atom stereocenters. The minimum absolute atomic E-state index is 0.172. The summed E-state index contributed by atoms with van der Waals surface area (Å²) in [6.07, 6.45) is 0.915. The number of rotatable bonds is 6. The average Bonchev–Trinajstić information content (AvgIpc) is 2.54. The van der Waals surface area contributed by atoms with Gasteiger partial charge in [0, 0.05) is 11.3 Å². The lowest BCUT2D eigenvalue weighted by atomic mass is 10.1. The lowest BCUT2D eigenvalue weighted by Crippen LogP contribution is -2.13. The van der Waals surface area contributed by atoms with Gasteiger partial charge in [0.1, 0.15) is 0 Å². The fourth-order valence-corrected chi connectivity index (χ4v) is 2.05. The van der Waals surface area contributed by atoms with Gasteiger partial charge < -0.3 is 14.8 Å². The molecule has 0 bridgehead atoms. The zero-order valence-electron chi connectivity index (χ0n) is 13.2. The summed E-state index contributed by atoms with van der Waals surface area (Å²) in [5, 5.41) is 2.91. The van der Waals surface area contributed by atoms with Crippen LogP contribution in [0.3, 0.4) is 0 Å². The maximum atomic E-state index is 12.4. The average molecular weight is 299 g/mol. The van der Waals surface area contributed by atoms with Gasteiger partial charge in [0.25, 0.3) is 5.91 Å². The lowest BCUT2D eigenvalue weighted by molar-refractivity contribution is 0.102. The van der Waals surface area contributed by atoms with Crippen molar-refractivity contribution >= 4 is 11.6 Å². The molecule has 4 nitrogen and oxygen atoms in total. The van der Waals surface area contributed by atoms with E-state index in [2.05, 4.69) is 5.32 Å². The van der Waals surface area contributed by atoms with Crippen LogP contribution in [0.5, 0.6) is 11.5 Å². The second-order valence-corrected chi connectivity index (χ2v) is 4.98. The van der Waals surface area contributed by atoms with E-state index >= 15 is 0 Å². The summed E-state index contributed by atoms with van der Waals surface area (Å²) in [7, 11) is 1.57. The molecule has 0 heterocycles. The van der Waals surface area contributed by atoms with Crippen molar-refractivity contribution in [3.05, 3.63) is 53.6 Å². The molecule has 0 aliphatic rings. The molecule has 0 spiro atoms. The molecule has 4 heteroatoms. The number of carbonyl (C=O) groups is 1. The van der Waals surface area contributed by atoms with Crippen LogP contribution in [0.4, 0.5) is 5.69 Å². The number of hydrogen-bond acceptors (Lipinski definition) is 3. The second kappa shape index (κ2) is 7.50. The lowest BCUT2D eigenvalue weighted by Gasteiger charge is -2.12. The molecule has 22 heavy (non-hydrogen) atoms. The van der Waals surface area contributed by atoms with Gasteiger partial charge in [-0.2, -0.15) is 0 Å². The SMILES string of the molecule is CCCOc1ccc(C(=O)Nc2ccccc2C)cc1OC. The third kappa shape index (κ3) is 3.79. The molecule has 0 fully saturated rings. The quantitative estimate of drug-likeness (QED) is 0.875. The van der Waals surface area contributed by atoms with Crippen molar-refractivity contribution in [3.63, 3.8) is 0 Å². The van der Waals surface area contributed by atoms with E-state index in [4.69, 9.17) is 9.47 Å². The zero-order chi connectivity index (χ0) is 15.9. The molecule has 116 valence electrons. The fraction of sp³-hybridized carbons (Fsp3) is 0.278. The molecule has 0 saturated carbocycles. The standard InChI is InChI=1S/C18H21NO3/c1-4-11-22-16-10-9-14(12-17(16)21-3)18(20)19-15-8-6-5-7-13(15)2/h5-10,12H,4,11H2,1-3H3,(H,19,20). The number of carbonyl (C=O) groups excluding carboxylic acids is 1. The summed E-state index contributed by atoms with van der Waals surface area (Å²) in [6.45, 7) is 4.61. The van der Waals surface area contributed by atoms with Crippen LogP contribution in [0.15, 0.2) is 42.5 Å². The number of methoxy groups -OCH3 is 1. The Balaban J connectivity index is 2.18. The smallest absolute Gasteiger partial charge is 0.255 e. The maximum absolute atomic E-state index is 12.4. The molecule has 0 saturated heterocycles. The van der Waals surface area contributed by atoms with E-state index in [0.717, 1.165) is 17.7 Å². The predicted octanol–water partition coefficient (Wildman–Crippen LogP) is 4.04. The minimum Gasteiger partial charge on any atom is -0.493 e. The number of benzene rings is 2. The van der Waals surface area contributed by atoms with Gasteiger partial charge in [-0.15, -0.1) is 0 Å². The highest BCUT2D eigenvalue weighted by atomic mass is 16.5. The Morgan fingerprint density at radius 3 is 2.59 bits per heavy atom. The van der Waals surface area contributed by atoms with E-state index in [0.29, 0.717) is 23.7 Å². The van der Waals surface area contributed by atoms with E-state index in [-0.39, 0.29) is 5.91 Å². The second-order valence-electron chi connectivity index (χ2n) is 4.98. The van der Waals surface area contributed by atoms with Crippen molar-refractivity contribution in [1.29, 1.82) is 0 Å². The van der Waals surface area contributed by atoms with Crippen LogP contribution >= 0.6 is 0 Å². The Morgan fingerprint density at radius 2 is 1.91 bits per heavy atom. The fourth-order valence-electron chi connectivity index (χ4n) is 2.05. The Morgan fingerprint density at radius 1 is 1.14 bits per heavy atom. The normalized spacial score (nSPS) is 10.1. The van der Waals surface area contributed by atoms with Crippen molar-refractivity contribution in [3.8, 4) is 11.5 Å². The molecule has 2 aromatic rings. The third-order valence-corrected chi connectivity index (χ3v) is 3.28. The zero-order valence-corrected chi connectivity index (χ0v) is 13.2. The molecule has 1 N–H and O–H groups in total. The monoisotopic (exact) mass is 299 g/mol. The molecule has 0 radical (unpaired) electrons. The van der Waals surface area contributed by atoms with Gasteiger partial charge in [-0.1, -0.05) is 25.1 Å². The van der Waals surface area contributed by atoms with Gasteiger partial charge in [-0.05, 0) is 43.2 Å². The van der Waals surface area contributed by atoms with E-state index in [9.17, 15) is 4.79 Å². The Hall–Kier alpha value is -2.49. The first-order valence-electron chi connectivity index (χ1n) is 7.33. The topological polar surface area (TPSA) is 47.6 Å². The molecule has 2 rings (SSSR count). The van der Waals surface area contributed by atoms with Crippen LogP contribution in [0.1, 0.15) is 29.3 Å². The summed E-state index contributed by atoms with van der Waals surface area (Å²) in [6, 6.07) is 12.9. The number of amides is 1. The summed E-state index contributed by atoms with van der Waals surface area (Å²) < 4.78 is 10.9. The Kier molecular flexibility index (Phi) is 5.42. The number of ether oxygens (including phenoxy) is 2. The highest BCUT2D eigenvalue weighted by molar-refractivity contribution is 6.05. The molecule has 0 aliphatic heterocycles. The van der Waals surface area contributed by atoms with Crippen molar-refractivity contribution in [2.24, 2.45) is 0 Å². The summed E-state index contributed by atoms with van der Waals surface area (Å²) in [5.41, 5.74) is 2.35. The molecule has 0 aromatic heterocycles. The van der Waals surface area contributed by atoms with Gasteiger partial charge >= 0.3 is 0 Å². The van der Waals surface area contributed by atoms with Crippen LogP contribution in [-0.4, -0.2) is 19.6 Å². The summed E-state index contributed by atoms with van der Waals surface area (Å²) in [4.78, 5) is 12.4. The first-order valence-corrected chi connectivity index (χ1v) is 7.33. The number of nitrogens with one attached hydrogen (secondary N) is 1. The molecule has 2 aromatic carbocycles. The van der Waals surface area contributed by atoms with Gasteiger partial charge in [0.15, 0.2) is 11.5 Å². The molecule has 0 atom stereocenters. The summed E-state index contributed by atoms with van der Waals surface area (Å²) >= 11 is 0. The number of anilines is 1. The van der Waals surface area contributed by atoms with Gasteiger partial charge in [0.2, 0.25) is 0 Å². The van der Waals surface area contributed by atoms with E-state index in [1.807, 2.05) is 38.1 Å². The summed E-state index contributed by atoms with van der Waals surface area (Å²) in [5.74, 6) is 1.04. The first-order chi connectivity index (χ1) is 10.7. The predicted molar refractivity (Wildman–Crippen MR) is 87.9 cm³/mol. The minimum atomic E-state index is -0.172. The maximum Gasteiger partial charge on any atom is 0.255 e. The van der Waals surface area contributed by atoms with Crippen LogP contribution in [-0.2, 0) is 0 Å². The van der Waals surface area contributed by atoms with Crippen LogP contribution in [0.2, 0.25) is 0 Å².